The second kappa shape index (κ2) is 15.7. The van der Waals surface area contributed by atoms with Crippen LogP contribution in [0.1, 0.15) is 0 Å². The Labute approximate surface area is 72.1 Å². The van der Waals surface area contributed by atoms with Gasteiger partial charge in [0.1, 0.15) is 0 Å². The molecule has 0 aliphatic carbocycles. The zero-order chi connectivity index (χ0) is 5.58. The minimum atomic E-state index is 0. The van der Waals surface area contributed by atoms with E-state index in [2.05, 4.69) is 33.5 Å². The molecule has 0 aliphatic heterocycles. The molecule has 0 aromatic carbocycles. The molecule has 0 fully saturated rings. The fraction of sp³-hybridized carbons (Fsp3) is 0. The first-order chi connectivity index (χ1) is 2.73. The van der Waals surface area contributed by atoms with E-state index in [1.165, 1.54) is 16.7 Å². The quantitative estimate of drug-likeness (QED) is 0.384. The molecule has 0 bridgehead atoms. The summed E-state index contributed by atoms with van der Waals surface area (Å²) in [5.74, 6) is 0. The second-order valence-corrected chi connectivity index (χ2v) is 0.874. The Hall–Kier alpha value is 1.10. The molecular formula is CH4ClFeLiN2S. The van der Waals surface area contributed by atoms with E-state index in [4.69, 9.17) is 0 Å². The fourth-order valence-corrected chi connectivity index (χ4v) is 0. The van der Waals surface area contributed by atoms with Crippen LogP contribution in [0.25, 0.3) is 0 Å². The van der Waals surface area contributed by atoms with Crippen molar-refractivity contribution in [2.75, 3.05) is 0 Å². The third-order valence-electron chi connectivity index (χ3n) is 0. The zero-order valence-corrected chi connectivity index (χ0v) is 6.47. The van der Waals surface area contributed by atoms with Crippen LogP contribution in [-0.2, 0) is 17.1 Å². The van der Waals surface area contributed by atoms with Gasteiger partial charge in [-0.25, -0.2) is 0 Å². The molecule has 0 saturated heterocycles. The van der Waals surface area contributed by atoms with E-state index >= 15 is 0 Å². The van der Waals surface area contributed by atoms with Crippen molar-refractivity contribution in [1.29, 1.82) is 0 Å². The molecule has 2 nitrogen and oxygen atoms in total. The fourth-order valence-electron chi connectivity index (χ4n) is 0. The topological polar surface area (TPSA) is 52.0 Å². The van der Waals surface area contributed by atoms with E-state index in [1.807, 2.05) is 0 Å². The van der Waals surface area contributed by atoms with Crippen LogP contribution in [0.3, 0.4) is 0 Å². The number of hydrogen-bond acceptors (Lipinski definition) is 1. The van der Waals surface area contributed by atoms with Crippen molar-refractivity contribution in [3.05, 3.63) is 0 Å². The molecule has 40 valence electrons. The summed E-state index contributed by atoms with van der Waals surface area (Å²) in [5, 5.41) is 0.000000000000000222. The number of thiocarbonyl (C=S) groups is 1. The summed E-state index contributed by atoms with van der Waals surface area (Å²) in [4.78, 5) is 0. The van der Waals surface area contributed by atoms with Crippen molar-refractivity contribution in [3.8, 4) is 0 Å². The third kappa shape index (κ3) is 153. The molecule has 0 saturated carbocycles. The normalized spacial score (nSPS) is 4.43. The van der Waals surface area contributed by atoms with Gasteiger partial charge in [0.2, 0.25) is 0 Å². The zero-order valence-electron chi connectivity index (χ0n) is 3.79. The van der Waals surface area contributed by atoms with Crippen LogP contribution in [0.2, 0.25) is 0 Å². The van der Waals surface area contributed by atoms with Gasteiger partial charge in [-0.15, -0.1) is 0 Å². The Morgan fingerprint density at radius 2 is 1.43 bits per heavy atom. The van der Waals surface area contributed by atoms with Gasteiger partial charge in [0.15, 0.2) is 5.11 Å². The number of halogens is 1. The summed E-state index contributed by atoms with van der Waals surface area (Å²) in [5.41, 5.74) is 9.24. The molecule has 0 aromatic heterocycles. The summed E-state index contributed by atoms with van der Waals surface area (Å²) in [6, 6.07) is 0. The van der Waals surface area contributed by atoms with Crippen LogP contribution in [0.5, 0.6) is 0 Å². The Balaban J connectivity index is -0.0000000480. The van der Waals surface area contributed by atoms with Crippen LogP contribution in [0.4, 0.5) is 0 Å². The van der Waals surface area contributed by atoms with Gasteiger partial charge in [-0.05, 0) is 12.2 Å². The van der Waals surface area contributed by atoms with E-state index in [-0.39, 0.29) is 22.2 Å². The summed E-state index contributed by atoms with van der Waals surface area (Å²) in [6.45, 7) is 0. The molecule has 0 amide bonds. The molecular weight excluding hydrogens is 170 g/mol. The standard InChI is InChI=1S/CH4N2S.ClH.Fe.Li/c2-1(3)4;;;/h(H4,2,3,4);1H;;/q;;;+1/p-1. The van der Waals surface area contributed by atoms with E-state index in [0.717, 1.165) is 0 Å². The van der Waals surface area contributed by atoms with Crippen LogP contribution >= 0.6 is 22.0 Å². The number of hydrogen-bond donors (Lipinski definition) is 2. The van der Waals surface area contributed by atoms with Crippen LogP contribution < -0.4 is 11.5 Å². The molecule has 0 radical (unpaired) electrons. The molecule has 4 N–H and O–H groups in total. The van der Waals surface area contributed by atoms with E-state index in [1.54, 1.807) is 0 Å². The minimum absolute atomic E-state index is 0. The van der Waals surface area contributed by atoms with Crippen molar-refractivity contribution in [2.24, 2.45) is 11.5 Å². The van der Waals surface area contributed by atoms with Crippen LogP contribution in [0.15, 0.2) is 0 Å². The molecule has 7 heavy (non-hydrogen) atoms. The monoisotopic (exact) mass is 174 g/mol. The van der Waals surface area contributed by atoms with Gasteiger partial charge in [-0.1, -0.05) is 0 Å². The van der Waals surface area contributed by atoms with Crippen LogP contribution in [-0.4, -0.2) is 21.9 Å². The third-order valence-corrected chi connectivity index (χ3v) is 0. The Kier molecular flexibility index (Phi) is 35.2. The molecule has 0 heterocycles. The van der Waals surface area contributed by atoms with Crippen molar-refractivity contribution in [2.45, 2.75) is 0 Å². The first-order valence-corrected chi connectivity index (χ1v) is 2.32. The number of rotatable bonds is 0. The Morgan fingerprint density at radius 3 is 1.43 bits per heavy atom. The summed E-state index contributed by atoms with van der Waals surface area (Å²) >= 11 is 5.56. The van der Waals surface area contributed by atoms with E-state index in [0.29, 0.717) is 0 Å². The molecule has 0 aromatic rings. The van der Waals surface area contributed by atoms with Gasteiger partial charge in [0, 0.05) is 17.1 Å². The Morgan fingerprint density at radius 1 is 1.43 bits per heavy atom. The van der Waals surface area contributed by atoms with E-state index in [9.17, 15) is 0 Å². The van der Waals surface area contributed by atoms with Gasteiger partial charge in [-0.3, -0.25) is 0 Å². The first kappa shape index (κ1) is 15.7. The number of nitrogens with two attached hydrogens (primary N) is 2. The average molecular weight is 174 g/mol. The predicted octanol–water partition coefficient (Wildman–Crippen LogP) is -0.505. The maximum atomic E-state index is 4.64. The van der Waals surface area contributed by atoms with Crippen molar-refractivity contribution >= 4 is 43.9 Å². The van der Waals surface area contributed by atoms with Crippen molar-refractivity contribution in [3.63, 3.8) is 0 Å². The average Bonchev–Trinajstić information content (AvgIpc) is 1.41. The molecule has 6 heteroatoms. The van der Waals surface area contributed by atoms with Crippen LogP contribution in [0, 0.1) is 0 Å². The van der Waals surface area contributed by atoms with Gasteiger partial charge < -0.3 is 11.5 Å². The maximum absolute atomic E-state index is 4.64. The summed E-state index contributed by atoms with van der Waals surface area (Å²) < 4.78 is 0. The molecule has 0 spiro atoms. The summed E-state index contributed by atoms with van der Waals surface area (Å²) in [7, 11) is 4.64. The molecule has 0 rings (SSSR count). The molecule has 0 unspecified atom stereocenters. The van der Waals surface area contributed by atoms with Gasteiger partial charge in [0.25, 0.3) is 0 Å². The van der Waals surface area contributed by atoms with Gasteiger partial charge >= 0.3 is 26.5 Å². The SMILES string of the molecule is NC(N)=S.[Fe].[Li][Cl]. The summed E-state index contributed by atoms with van der Waals surface area (Å²) in [6.07, 6.45) is 0. The van der Waals surface area contributed by atoms with Crippen molar-refractivity contribution in [1.82, 2.24) is 0 Å². The second-order valence-electron chi connectivity index (χ2n) is 0.402. The van der Waals surface area contributed by atoms with Crippen molar-refractivity contribution < 1.29 is 17.1 Å². The molecule has 0 atom stereocenters. The van der Waals surface area contributed by atoms with E-state index < -0.39 is 0 Å². The van der Waals surface area contributed by atoms with Gasteiger partial charge in [-0.2, -0.15) is 0 Å². The predicted molar refractivity (Wildman–Crippen MR) is 32.6 cm³/mol. The Bertz CT molecular complexity index is 40.7. The first-order valence-electron chi connectivity index (χ1n) is 1.16. The van der Waals surface area contributed by atoms with Gasteiger partial charge in [0.05, 0.1) is 0 Å². The molecule has 0 aliphatic rings.